The molecule has 0 aromatic carbocycles. The molecule has 2 amide bonds. The number of aryl methyl sites for hydroxylation is 1. The van der Waals surface area contributed by atoms with E-state index in [4.69, 9.17) is 15.0 Å². The maximum Gasteiger partial charge on any atom is 0.330 e. The van der Waals surface area contributed by atoms with Crippen LogP contribution in [0.4, 0.5) is 0 Å². The maximum atomic E-state index is 13.5. The van der Waals surface area contributed by atoms with E-state index >= 15 is 0 Å². The highest BCUT2D eigenvalue weighted by atomic mass is 16.6. The van der Waals surface area contributed by atoms with Crippen molar-refractivity contribution in [3.05, 3.63) is 43.0 Å². The highest BCUT2D eigenvalue weighted by Crippen LogP contribution is 2.30. The summed E-state index contributed by atoms with van der Waals surface area (Å²) in [6, 6.07) is -0.651. The normalized spacial score (nSPS) is 22.9. The SMILES string of the molecule is Cc1cn([C@H]2C[C@H](N=[N+]=[N-])[C@@H](COC(=O)CCCCN3CCCN(C(=O)CCCC(=O)N4CCCNCCNCCCNCC4)CCNCCCNCC3)O2)c(=O)[nH]c1=O. The Bertz CT molecular complexity index is 1590. The molecule has 0 aliphatic carbocycles. The van der Waals surface area contributed by atoms with Crippen molar-refractivity contribution in [2.75, 3.05) is 118 Å². The van der Waals surface area contributed by atoms with Crippen LogP contribution in [0.25, 0.3) is 10.4 Å². The number of carbonyl (C=O) groups excluding carboxylic acids is 3. The smallest absolute Gasteiger partial charge is 0.330 e. The highest BCUT2D eigenvalue weighted by molar-refractivity contribution is 5.79. The van der Waals surface area contributed by atoms with Crippen LogP contribution in [0.3, 0.4) is 0 Å². The molecule has 0 bridgehead atoms. The van der Waals surface area contributed by atoms with E-state index in [1.807, 2.05) is 9.80 Å². The van der Waals surface area contributed by atoms with Crippen molar-refractivity contribution in [2.45, 2.75) is 95.9 Å². The molecule has 0 spiro atoms. The number of ether oxygens (including phenoxy) is 2. The Morgan fingerprint density at radius 3 is 2.00 bits per heavy atom. The van der Waals surface area contributed by atoms with Crippen LogP contribution in [0.1, 0.15) is 82.4 Å². The van der Waals surface area contributed by atoms with E-state index in [2.05, 4.69) is 46.5 Å². The third kappa shape index (κ3) is 18.4. The summed E-state index contributed by atoms with van der Waals surface area (Å²) in [7, 11) is 0. The lowest BCUT2D eigenvalue weighted by atomic mass is 10.1. The molecule has 20 nitrogen and oxygen atoms in total. The fraction of sp³-hybridized carbons (Fsp3) is 0.825. The Labute approximate surface area is 353 Å². The van der Waals surface area contributed by atoms with Crippen LogP contribution in [0.5, 0.6) is 0 Å². The Hall–Kier alpha value is -3.88. The van der Waals surface area contributed by atoms with Crippen LogP contribution in [-0.2, 0) is 23.9 Å². The molecule has 0 unspecified atom stereocenters. The lowest BCUT2D eigenvalue weighted by molar-refractivity contribution is -0.148. The van der Waals surface area contributed by atoms with Gasteiger partial charge in [0.25, 0.3) is 5.56 Å². The van der Waals surface area contributed by atoms with E-state index in [9.17, 15) is 24.0 Å². The van der Waals surface area contributed by atoms with E-state index in [1.165, 1.54) is 10.8 Å². The lowest BCUT2D eigenvalue weighted by Crippen LogP contribution is -2.41. The van der Waals surface area contributed by atoms with E-state index in [-0.39, 0.29) is 37.2 Å². The van der Waals surface area contributed by atoms with Gasteiger partial charge in [-0.1, -0.05) is 5.11 Å². The van der Waals surface area contributed by atoms with E-state index in [1.54, 1.807) is 6.92 Å². The molecule has 3 aliphatic heterocycles. The number of nitrogens with zero attached hydrogens (tertiary/aromatic N) is 7. The number of hydrogen-bond acceptors (Lipinski definition) is 14. The molecular weight excluding hydrogens is 775 g/mol. The summed E-state index contributed by atoms with van der Waals surface area (Å²) in [5.74, 6) is -0.178. The average Bonchev–Trinajstić information content (AvgIpc) is 3.63. The number of unbranched alkanes of at least 4 members (excludes halogenated alkanes) is 1. The predicted octanol–water partition coefficient (Wildman–Crippen LogP) is 0.190. The molecule has 20 heteroatoms. The average molecular weight is 846 g/mol. The fourth-order valence-corrected chi connectivity index (χ4v) is 7.66. The maximum absolute atomic E-state index is 13.5. The lowest BCUT2D eigenvalue weighted by Gasteiger charge is -2.27. The van der Waals surface area contributed by atoms with E-state index in [0.717, 1.165) is 117 Å². The van der Waals surface area contributed by atoms with Crippen LogP contribution in [0, 0.1) is 6.92 Å². The van der Waals surface area contributed by atoms with Gasteiger partial charge < -0.3 is 50.8 Å². The summed E-state index contributed by atoms with van der Waals surface area (Å²) in [6.07, 6.45) is 6.73. The Kier molecular flexibility index (Phi) is 23.3. The number of amides is 2. The van der Waals surface area contributed by atoms with Gasteiger partial charge in [-0.2, -0.15) is 0 Å². The predicted molar refractivity (Wildman–Crippen MR) is 229 cm³/mol. The number of esters is 1. The molecule has 3 aliphatic rings. The molecule has 3 saturated heterocycles. The summed E-state index contributed by atoms with van der Waals surface area (Å²) < 4.78 is 12.7. The summed E-state index contributed by atoms with van der Waals surface area (Å²) in [5.41, 5.74) is 8.30. The Morgan fingerprint density at radius 2 is 1.35 bits per heavy atom. The number of carbonyl (C=O) groups is 3. The standard InChI is InChI=1S/C40H71N13O7/c1-32-30-53(40(58)47-39(32)57)37-29-33(48-49-41)34(60-37)31-59-38(56)11-2-3-22-50-23-8-25-52(28-21-46-15-6-13-44-19-26-50)36(55)10-4-9-35(54)51-24-7-16-43-18-17-42-12-5-14-45-20-27-51/h30,33-34,37,42-46H,2-29,31H2,1H3,(H,47,57,58)/t33-,34+,37+/m0/s1. The summed E-state index contributed by atoms with van der Waals surface area (Å²) in [6.45, 7) is 15.3. The molecule has 4 rings (SSSR count). The summed E-state index contributed by atoms with van der Waals surface area (Å²) in [4.78, 5) is 75.1. The number of rotatable bonds is 13. The van der Waals surface area contributed by atoms with Gasteiger partial charge in [0.05, 0.1) is 6.04 Å². The molecule has 3 fully saturated rings. The van der Waals surface area contributed by atoms with Gasteiger partial charge in [0, 0.05) is 108 Å². The molecule has 0 saturated carbocycles. The van der Waals surface area contributed by atoms with E-state index in [0.29, 0.717) is 57.4 Å². The van der Waals surface area contributed by atoms with Crippen LogP contribution >= 0.6 is 0 Å². The Morgan fingerprint density at radius 1 is 0.750 bits per heavy atom. The molecule has 1 aromatic heterocycles. The van der Waals surface area contributed by atoms with Gasteiger partial charge in [-0.25, -0.2) is 4.79 Å². The second kappa shape index (κ2) is 28.6. The van der Waals surface area contributed by atoms with Crippen molar-refractivity contribution < 1.29 is 23.9 Å². The molecule has 0 radical (unpaired) electrons. The second-order valence-electron chi connectivity index (χ2n) is 15.9. The van der Waals surface area contributed by atoms with Gasteiger partial charge >= 0.3 is 11.7 Å². The zero-order chi connectivity index (χ0) is 42.8. The molecule has 60 heavy (non-hydrogen) atoms. The zero-order valence-corrected chi connectivity index (χ0v) is 35.8. The number of hydrogen-bond donors (Lipinski definition) is 6. The number of aromatic amines is 1. The van der Waals surface area contributed by atoms with Gasteiger partial charge in [-0.3, -0.25) is 28.7 Å². The van der Waals surface area contributed by atoms with Gasteiger partial charge in [0.2, 0.25) is 11.8 Å². The molecule has 3 atom stereocenters. The fourth-order valence-electron chi connectivity index (χ4n) is 7.66. The highest BCUT2D eigenvalue weighted by Gasteiger charge is 2.37. The minimum Gasteiger partial charge on any atom is -0.463 e. The first kappa shape index (κ1) is 48.8. The van der Waals surface area contributed by atoms with Crippen LogP contribution < -0.4 is 37.8 Å². The first-order valence-electron chi connectivity index (χ1n) is 22.2. The van der Waals surface area contributed by atoms with Crippen molar-refractivity contribution in [3.8, 4) is 0 Å². The number of aromatic nitrogens is 2. The summed E-state index contributed by atoms with van der Waals surface area (Å²) >= 11 is 0. The van der Waals surface area contributed by atoms with E-state index < -0.39 is 29.6 Å². The Balaban J connectivity index is 1.18. The van der Waals surface area contributed by atoms with Gasteiger partial charge in [0.15, 0.2) is 0 Å². The second-order valence-corrected chi connectivity index (χ2v) is 15.9. The number of H-pyrrole nitrogens is 1. The minimum atomic E-state index is -0.778. The minimum absolute atomic E-state index is 0.0913. The molecule has 4 heterocycles. The topological polar surface area (TPSA) is 243 Å². The number of azide groups is 1. The monoisotopic (exact) mass is 846 g/mol. The zero-order valence-electron chi connectivity index (χ0n) is 35.8. The number of nitrogens with one attached hydrogen (secondary N) is 6. The van der Waals surface area contributed by atoms with Gasteiger partial charge in [-0.15, -0.1) is 0 Å². The first-order valence-corrected chi connectivity index (χ1v) is 22.2. The van der Waals surface area contributed by atoms with Gasteiger partial charge in [-0.05, 0) is 103 Å². The van der Waals surface area contributed by atoms with Crippen LogP contribution in [0.2, 0.25) is 0 Å². The largest absolute Gasteiger partial charge is 0.463 e. The van der Waals surface area contributed by atoms with Crippen molar-refractivity contribution in [3.63, 3.8) is 0 Å². The van der Waals surface area contributed by atoms with Crippen LogP contribution in [0.15, 0.2) is 20.9 Å². The first-order chi connectivity index (χ1) is 29.2. The molecule has 338 valence electrons. The van der Waals surface area contributed by atoms with Crippen LogP contribution in [-0.4, -0.2) is 172 Å². The molecule has 1 aromatic rings. The summed E-state index contributed by atoms with van der Waals surface area (Å²) in [5, 5.41) is 21.1. The van der Waals surface area contributed by atoms with Crippen molar-refractivity contribution >= 4 is 17.8 Å². The molecular formula is C40H71N13O7. The quantitative estimate of drug-likeness (QED) is 0.0512. The van der Waals surface area contributed by atoms with Crippen molar-refractivity contribution in [1.29, 1.82) is 0 Å². The van der Waals surface area contributed by atoms with Crippen molar-refractivity contribution in [1.82, 2.24) is 50.8 Å². The molecule has 6 N–H and O–H groups in total. The third-order valence-electron chi connectivity index (χ3n) is 11.2. The van der Waals surface area contributed by atoms with Crippen molar-refractivity contribution in [2.24, 2.45) is 5.11 Å². The van der Waals surface area contributed by atoms with Gasteiger partial charge in [0.1, 0.15) is 18.9 Å². The third-order valence-corrected chi connectivity index (χ3v) is 11.2.